The summed E-state index contributed by atoms with van der Waals surface area (Å²) >= 11 is 0. The number of nitrogens with one attached hydrogen (secondary N) is 1. The second kappa shape index (κ2) is 10.2. The van der Waals surface area contributed by atoms with E-state index in [1.165, 1.54) is 0 Å². The summed E-state index contributed by atoms with van der Waals surface area (Å²) < 4.78 is 1.70. The molecule has 9 nitrogen and oxygen atoms in total. The SMILES string of the molecule is O=C(NC(C(=O)N1CCN(c2nnnn2-c2ccccc2)CC1)c1ccccc1)c1ccccc1. The highest BCUT2D eigenvalue weighted by molar-refractivity contribution is 5.97. The minimum Gasteiger partial charge on any atom is -0.337 e. The smallest absolute Gasteiger partial charge is 0.252 e. The largest absolute Gasteiger partial charge is 0.337 e. The van der Waals surface area contributed by atoms with Gasteiger partial charge in [-0.15, -0.1) is 0 Å². The van der Waals surface area contributed by atoms with Crippen molar-refractivity contribution in [2.24, 2.45) is 0 Å². The number of hydrogen-bond donors (Lipinski definition) is 1. The van der Waals surface area contributed by atoms with Crippen LogP contribution in [0.5, 0.6) is 0 Å². The van der Waals surface area contributed by atoms with Gasteiger partial charge >= 0.3 is 0 Å². The van der Waals surface area contributed by atoms with Crippen LogP contribution in [0.4, 0.5) is 5.95 Å². The number of anilines is 1. The molecule has 1 N–H and O–H groups in total. The maximum atomic E-state index is 13.6. The molecule has 0 radical (unpaired) electrons. The molecule has 35 heavy (non-hydrogen) atoms. The highest BCUT2D eigenvalue weighted by Crippen LogP contribution is 2.21. The van der Waals surface area contributed by atoms with E-state index in [2.05, 4.69) is 25.7 Å². The van der Waals surface area contributed by atoms with Crippen molar-refractivity contribution < 1.29 is 9.59 Å². The van der Waals surface area contributed by atoms with Gasteiger partial charge in [0.15, 0.2) is 0 Å². The van der Waals surface area contributed by atoms with Crippen molar-refractivity contribution in [2.75, 3.05) is 31.1 Å². The Kier molecular flexibility index (Phi) is 6.47. The molecule has 1 aliphatic rings. The first-order chi connectivity index (χ1) is 17.2. The quantitative estimate of drug-likeness (QED) is 0.468. The maximum Gasteiger partial charge on any atom is 0.252 e. The molecule has 3 aromatic carbocycles. The number of tetrazole rings is 1. The van der Waals surface area contributed by atoms with E-state index in [0.29, 0.717) is 37.7 Å². The number of para-hydroxylation sites is 1. The van der Waals surface area contributed by atoms with E-state index in [9.17, 15) is 9.59 Å². The van der Waals surface area contributed by atoms with Crippen molar-refractivity contribution in [3.05, 3.63) is 102 Å². The predicted molar refractivity (Wildman–Crippen MR) is 131 cm³/mol. The third-order valence-corrected chi connectivity index (χ3v) is 6.02. The summed E-state index contributed by atoms with van der Waals surface area (Å²) in [4.78, 5) is 30.3. The Morgan fingerprint density at radius 2 is 1.37 bits per heavy atom. The van der Waals surface area contributed by atoms with E-state index in [1.807, 2.05) is 66.7 Å². The fraction of sp³-hybridized carbons (Fsp3) is 0.192. The molecule has 1 unspecified atom stereocenters. The molecule has 1 atom stereocenters. The van der Waals surface area contributed by atoms with Crippen LogP contribution < -0.4 is 10.2 Å². The third kappa shape index (κ3) is 4.89. The van der Waals surface area contributed by atoms with Crippen LogP contribution in [0, 0.1) is 0 Å². The lowest BCUT2D eigenvalue weighted by molar-refractivity contribution is -0.133. The van der Waals surface area contributed by atoms with E-state index >= 15 is 0 Å². The van der Waals surface area contributed by atoms with Crippen molar-refractivity contribution in [1.82, 2.24) is 30.4 Å². The maximum absolute atomic E-state index is 13.6. The van der Waals surface area contributed by atoms with E-state index in [1.54, 1.807) is 33.8 Å². The van der Waals surface area contributed by atoms with Crippen molar-refractivity contribution in [3.63, 3.8) is 0 Å². The van der Waals surface area contributed by atoms with Crippen LogP contribution in [-0.4, -0.2) is 63.1 Å². The number of carbonyl (C=O) groups excluding carboxylic acids is 2. The fourth-order valence-corrected chi connectivity index (χ4v) is 4.16. The lowest BCUT2D eigenvalue weighted by Gasteiger charge is -2.36. The lowest BCUT2D eigenvalue weighted by atomic mass is 10.0. The minimum atomic E-state index is -0.773. The molecule has 4 aromatic rings. The fourth-order valence-electron chi connectivity index (χ4n) is 4.16. The number of amides is 2. The van der Waals surface area contributed by atoms with Gasteiger partial charge in [-0.1, -0.05) is 71.8 Å². The standard InChI is InChI=1S/C26H25N7O2/c34-24(21-12-6-2-7-13-21)27-23(20-10-4-1-5-11-20)25(35)31-16-18-32(19-17-31)26-28-29-30-33(26)22-14-8-3-9-15-22/h1-15,23H,16-19H2,(H,27,34). The summed E-state index contributed by atoms with van der Waals surface area (Å²) in [6.07, 6.45) is 0. The molecule has 1 aliphatic heterocycles. The van der Waals surface area contributed by atoms with Gasteiger partial charge in [0.25, 0.3) is 5.91 Å². The van der Waals surface area contributed by atoms with Crippen molar-refractivity contribution in [1.29, 1.82) is 0 Å². The van der Waals surface area contributed by atoms with E-state index < -0.39 is 6.04 Å². The lowest BCUT2D eigenvalue weighted by Crippen LogP contribution is -2.52. The van der Waals surface area contributed by atoms with Gasteiger partial charge in [0.1, 0.15) is 6.04 Å². The molecule has 9 heteroatoms. The zero-order chi connectivity index (χ0) is 24.0. The van der Waals surface area contributed by atoms with Crippen molar-refractivity contribution in [3.8, 4) is 5.69 Å². The third-order valence-electron chi connectivity index (χ3n) is 6.02. The van der Waals surface area contributed by atoms with Crippen LogP contribution in [0.3, 0.4) is 0 Å². The minimum absolute atomic E-state index is 0.136. The zero-order valence-corrected chi connectivity index (χ0v) is 19.1. The molecule has 0 saturated carbocycles. The molecule has 0 aliphatic carbocycles. The predicted octanol–water partition coefficient (Wildman–Crippen LogP) is 2.48. The molecule has 0 bridgehead atoms. The Hall–Kier alpha value is -4.53. The zero-order valence-electron chi connectivity index (χ0n) is 19.1. The number of rotatable bonds is 6. The topological polar surface area (TPSA) is 96.2 Å². The Morgan fingerprint density at radius 1 is 0.771 bits per heavy atom. The van der Waals surface area contributed by atoms with Gasteiger partial charge in [0.2, 0.25) is 11.9 Å². The number of nitrogens with zero attached hydrogens (tertiary/aromatic N) is 6. The number of aromatic nitrogens is 4. The molecule has 5 rings (SSSR count). The van der Waals surface area contributed by atoms with E-state index in [0.717, 1.165) is 11.3 Å². The van der Waals surface area contributed by atoms with Gasteiger partial charge in [0.05, 0.1) is 5.69 Å². The highest BCUT2D eigenvalue weighted by atomic mass is 16.2. The molecule has 1 fully saturated rings. The average Bonchev–Trinajstić information content (AvgIpc) is 3.43. The van der Waals surface area contributed by atoms with E-state index in [-0.39, 0.29) is 11.8 Å². The van der Waals surface area contributed by atoms with Gasteiger partial charge in [-0.25, -0.2) is 0 Å². The normalized spacial score (nSPS) is 14.4. The molecular weight excluding hydrogens is 442 g/mol. The Bertz CT molecular complexity index is 1270. The van der Waals surface area contributed by atoms with Gasteiger partial charge in [-0.2, -0.15) is 4.68 Å². The summed E-state index contributed by atoms with van der Waals surface area (Å²) in [5, 5.41) is 15.1. The highest BCUT2D eigenvalue weighted by Gasteiger charge is 2.31. The number of benzene rings is 3. The molecule has 0 spiro atoms. The Labute approximate surface area is 203 Å². The van der Waals surface area contributed by atoms with Crippen LogP contribution >= 0.6 is 0 Å². The number of hydrogen-bond acceptors (Lipinski definition) is 6. The molecule has 176 valence electrons. The van der Waals surface area contributed by atoms with Gasteiger partial charge in [-0.05, 0) is 40.3 Å². The first-order valence-electron chi connectivity index (χ1n) is 11.5. The van der Waals surface area contributed by atoms with Crippen LogP contribution in [0.1, 0.15) is 22.0 Å². The second-order valence-electron chi connectivity index (χ2n) is 8.22. The summed E-state index contributed by atoms with van der Waals surface area (Å²) in [6.45, 7) is 2.14. The molecule has 1 aromatic heterocycles. The monoisotopic (exact) mass is 467 g/mol. The van der Waals surface area contributed by atoms with Gasteiger partial charge < -0.3 is 15.1 Å². The molecule has 2 heterocycles. The first kappa shape index (κ1) is 22.3. The van der Waals surface area contributed by atoms with E-state index in [4.69, 9.17) is 0 Å². The van der Waals surface area contributed by atoms with Crippen LogP contribution in [0.25, 0.3) is 5.69 Å². The number of piperazine rings is 1. The first-order valence-corrected chi connectivity index (χ1v) is 11.5. The summed E-state index contributed by atoms with van der Waals surface area (Å²) in [5.41, 5.74) is 2.13. The molecular formula is C26H25N7O2. The average molecular weight is 468 g/mol. The Morgan fingerprint density at radius 3 is 2.03 bits per heavy atom. The molecule has 2 amide bonds. The van der Waals surface area contributed by atoms with Crippen molar-refractivity contribution in [2.45, 2.75) is 6.04 Å². The summed E-state index contributed by atoms with van der Waals surface area (Å²) in [7, 11) is 0. The van der Waals surface area contributed by atoms with Crippen molar-refractivity contribution >= 4 is 17.8 Å². The Balaban J connectivity index is 1.30. The number of carbonyl (C=O) groups is 2. The van der Waals surface area contributed by atoms with Crippen LogP contribution in [0.15, 0.2) is 91.0 Å². The summed E-state index contributed by atoms with van der Waals surface area (Å²) in [6, 6.07) is 27.2. The van der Waals surface area contributed by atoms with Gasteiger partial charge in [0, 0.05) is 31.7 Å². The van der Waals surface area contributed by atoms with Gasteiger partial charge in [-0.3, -0.25) is 9.59 Å². The molecule has 1 saturated heterocycles. The second-order valence-corrected chi connectivity index (χ2v) is 8.22. The van der Waals surface area contributed by atoms with Crippen LogP contribution in [-0.2, 0) is 4.79 Å². The summed E-state index contributed by atoms with van der Waals surface area (Å²) in [5.74, 6) is 0.219. The van der Waals surface area contributed by atoms with Crippen LogP contribution in [0.2, 0.25) is 0 Å².